The Morgan fingerprint density at radius 1 is 0.792 bits per heavy atom. The van der Waals surface area contributed by atoms with E-state index < -0.39 is 0 Å². The molecule has 0 unspecified atom stereocenters. The molecule has 0 aliphatic carbocycles. The maximum absolute atomic E-state index is 4.52. The number of unbranched alkanes of at least 4 members (excludes halogenated alkanes) is 2. The highest BCUT2D eigenvalue weighted by molar-refractivity contribution is 9.10. The second-order valence-corrected chi connectivity index (χ2v) is 7.12. The number of nitrogens with zero attached hydrogens (tertiary/aromatic N) is 1. The van der Waals surface area contributed by atoms with E-state index in [1.165, 1.54) is 42.5 Å². The van der Waals surface area contributed by atoms with Gasteiger partial charge in [0.1, 0.15) is 5.82 Å². The average Bonchev–Trinajstić information content (AvgIpc) is 3.05. The van der Waals surface area contributed by atoms with Gasteiger partial charge in [0, 0.05) is 29.2 Å². The number of halogens is 1. The minimum atomic E-state index is 0.911. The fourth-order valence-electron chi connectivity index (χ4n) is 2.89. The van der Waals surface area contributed by atoms with Gasteiger partial charge in [0.05, 0.1) is 0 Å². The standard InChI is InChI=1S/C21H23BrN2/c22-19-13-11-18(12-14-19)15-20-16-23-21(24-20)10-6-2-5-9-17-7-3-1-4-8-17/h1,3-4,7-8,11-14,16H,2,5-6,9-10,15H2,(H,23,24). The van der Waals surface area contributed by atoms with Crippen molar-refractivity contribution in [2.45, 2.75) is 38.5 Å². The molecule has 3 heteroatoms. The molecule has 0 amide bonds. The molecule has 3 rings (SSSR count). The van der Waals surface area contributed by atoms with Crippen LogP contribution in [0.3, 0.4) is 0 Å². The highest BCUT2D eigenvalue weighted by atomic mass is 79.9. The zero-order valence-corrected chi connectivity index (χ0v) is 15.4. The van der Waals surface area contributed by atoms with E-state index in [1.807, 2.05) is 6.20 Å². The number of H-pyrrole nitrogens is 1. The van der Waals surface area contributed by atoms with E-state index in [1.54, 1.807) is 0 Å². The van der Waals surface area contributed by atoms with Crippen molar-refractivity contribution >= 4 is 15.9 Å². The lowest BCUT2D eigenvalue weighted by Gasteiger charge is -2.01. The maximum atomic E-state index is 4.52. The highest BCUT2D eigenvalue weighted by Crippen LogP contribution is 2.14. The van der Waals surface area contributed by atoms with Gasteiger partial charge in [-0.05, 0) is 42.5 Å². The molecule has 0 spiro atoms. The van der Waals surface area contributed by atoms with Crippen molar-refractivity contribution in [3.05, 3.63) is 87.9 Å². The first kappa shape index (κ1) is 17.0. The molecule has 2 nitrogen and oxygen atoms in total. The monoisotopic (exact) mass is 382 g/mol. The van der Waals surface area contributed by atoms with Gasteiger partial charge < -0.3 is 4.98 Å². The Hall–Kier alpha value is -1.87. The molecule has 3 aromatic rings. The molecule has 0 fully saturated rings. The van der Waals surface area contributed by atoms with Crippen molar-refractivity contribution in [1.29, 1.82) is 0 Å². The average molecular weight is 383 g/mol. The molecule has 0 aliphatic rings. The van der Waals surface area contributed by atoms with Crippen molar-refractivity contribution in [1.82, 2.24) is 9.97 Å². The number of aromatic amines is 1. The summed E-state index contributed by atoms with van der Waals surface area (Å²) in [6.45, 7) is 0. The van der Waals surface area contributed by atoms with E-state index >= 15 is 0 Å². The van der Waals surface area contributed by atoms with Crippen molar-refractivity contribution < 1.29 is 0 Å². The summed E-state index contributed by atoms with van der Waals surface area (Å²) < 4.78 is 1.12. The fourth-order valence-corrected chi connectivity index (χ4v) is 3.15. The van der Waals surface area contributed by atoms with E-state index in [9.17, 15) is 0 Å². The molecule has 1 N–H and O–H groups in total. The van der Waals surface area contributed by atoms with E-state index in [-0.39, 0.29) is 0 Å². The normalized spacial score (nSPS) is 10.9. The Bertz CT molecular complexity index is 732. The number of hydrogen-bond donors (Lipinski definition) is 1. The summed E-state index contributed by atoms with van der Waals surface area (Å²) in [5.41, 5.74) is 3.93. The third-order valence-corrected chi connectivity index (χ3v) is 4.74. The highest BCUT2D eigenvalue weighted by Gasteiger charge is 2.02. The maximum Gasteiger partial charge on any atom is 0.106 e. The smallest absolute Gasteiger partial charge is 0.106 e. The van der Waals surface area contributed by atoms with Crippen molar-refractivity contribution in [2.24, 2.45) is 0 Å². The van der Waals surface area contributed by atoms with Crippen LogP contribution in [0, 0.1) is 0 Å². The molecule has 0 radical (unpaired) electrons. The number of rotatable bonds is 8. The lowest BCUT2D eigenvalue weighted by Crippen LogP contribution is -1.92. The van der Waals surface area contributed by atoms with Gasteiger partial charge in [0.25, 0.3) is 0 Å². The zero-order valence-electron chi connectivity index (χ0n) is 13.8. The molecular formula is C21H23BrN2. The Balaban J connectivity index is 1.39. The first-order chi connectivity index (χ1) is 11.8. The van der Waals surface area contributed by atoms with Crippen LogP contribution >= 0.6 is 15.9 Å². The largest absolute Gasteiger partial charge is 0.346 e. The van der Waals surface area contributed by atoms with E-state index in [4.69, 9.17) is 0 Å². The second-order valence-electron chi connectivity index (χ2n) is 6.20. The molecule has 0 saturated heterocycles. The summed E-state index contributed by atoms with van der Waals surface area (Å²) in [4.78, 5) is 7.98. The van der Waals surface area contributed by atoms with E-state index in [0.29, 0.717) is 0 Å². The molecule has 124 valence electrons. The van der Waals surface area contributed by atoms with E-state index in [0.717, 1.165) is 23.1 Å². The van der Waals surface area contributed by atoms with Crippen LogP contribution in [0.25, 0.3) is 0 Å². The van der Waals surface area contributed by atoms with E-state index in [2.05, 4.69) is 80.5 Å². The molecule has 1 aromatic heterocycles. The summed E-state index contributed by atoms with van der Waals surface area (Å²) in [6.07, 6.45) is 8.78. The summed E-state index contributed by atoms with van der Waals surface area (Å²) in [6, 6.07) is 19.2. The number of hydrogen-bond acceptors (Lipinski definition) is 1. The summed E-state index contributed by atoms with van der Waals surface area (Å²) >= 11 is 3.47. The van der Waals surface area contributed by atoms with Gasteiger partial charge in [-0.3, -0.25) is 0 Å². The number of imidazole rings is 1. The van der Waals surface area contributed by atoms with Gasteiger partial charge in [-0.1, -0.05) is 64.8 Å². The third-order valence-electron chi connectivity index (χ3n) is 4.21. The zero-order chi connectivity index (χ0) is 16.6. The van der Waals surface area contributed by atoms with Crippen LogP contribution < -0.4 is 0 Å². The van der Waals surface area contributed by atoms with Crippen LogP contribution in [0.5, 0.6) is 0 Å². The minimum absolute atomic E-state index is 0.911. The van der Waals surface area contributed by atoms with Gasteiger partial charge in [-0.25, -0.2) is 4.98 Å². The van der Waals surface area contributed by atoms with Crippen molar-refractivity contribution in [3.8, 4) is 0 Å². The number of aromatic nitrogens is 2. The minimum Gasteiger partial charge on any atom is -0.346 e. The first-order valence-electron chi connectivity index (χ1n) is 8.61. The quantitative estimate of drug-likeness (QED) is 0.495. The Morgan fingerprint density at radius 2 is 1.54 bits per heavy atom. The van der Waals surface area contributed by atoms with Crippen LogP contribution in [0.2, 0.25) is 0 Å². The molecule has 1 heterocycles. The van der Waals surface area contributed by atoms with Crippen molar-refractivity contribution in [3.63, 3.8) is 0 Å². The molecule has 24 heavy (non-hydrogen) atoms. The summed E-state index contributed by atoms with van der Waals surface area (Å²) in [7, 11) is 0. The second kappa shape index (κ2) is 8.84. The van der Waals surface area contributed by atoms with Gasteiger partial charge in [0.2, 0.25) is 0 Å². The predicted molar refractivity (Wildman–Crippen MR) is 103 cm³/mol. The molecule has 0 saturated carbocycles. The van der Waals surface area contributed by atoms with Crippen molar-refractivity contribution in [2.75, 3.05) is 0 Å². The van der Waals surface area contributed by atoms with Crippen LogP contribution in [-0.4, -0.2) is 9.97 Å². The number of benzene rings is 2. The molecule has 0 atom stereocenters. The lowest BCUT2D eigenvalue weighted by atomic mass is 10.1. The van der Waals surface area contributed by atoms with Gasteiger partial charge in [-0.15, -0.1) is 0 Å². The van der Waals surface area contributed by atoms with Gasteiger partial charge >= 0.3 is 0 Å². The van der Waals surface area contributed by atoms with Crippen LogP contribution in [0.4, 0.5) is 0 Å². The number of aryl methyl sites for hydroxylation is 2. The third kappa shape index (κ3) is 5.34. The molecule has 0 aliphatic heterocycles. The van der Waals surface area contributed by atoms with Gasteiger partial charge in [-0.2, -0.15) is 0 Å². The Morgan fingerprint density at radius 3 is 2.33 bits per heavy atom. The molecule has 2 aromatic carbocycles. The SMILES string of the molecule is Brc1ccc(Cc2cnc(CCCCCc3ccccc3)[nH]2)cc1. The summed E-state index contributed by atoms with van der Waals surface area (Å²) in [5, 5.41) is 0. The Labute approximate surface area is 152 Å². The van der Waals surface area contributed by atoms with Crippen LogP contribution in [0.1, 0.15) is 41.9 Å². The van der Waals surface area contributed by atoms with Crippen LogP contribution in [0.15, 0.2) is 65.3 Å². The van der Waals surface area contributed by atoms with Gasteiger partial charge in [0.15, 0.2) is 0 Å². The Kier molecular flexibility index (Phi) is 6.25. The molecular weight excluding hydrogens is 360 g/mol. The molecule has 0 bridgehead atoms. The lowest BCUT2D eigenvalue weighted by molar-refractivity contribution is 0.665. The summed E-state index contributed by atoms with van der Waals surface area (Å²) in [5.74, 6) is 1.11. The number of nitrogens with one attached hydrogen (secondary N) is 1. The fraction of sp³-hybridized carbons (Fsp3) is 0.286. The topological polar surface area (TPSA) is 28.7 Å². The predicted octanol–water partition coefficient (Wildman–Crippen LogP) is 5.72. The van der Waals surface area contributed by atoms with Crippen LogP contribution in [-0.2, 0) is 19.3 Å². The first-order valence-corrected chi connectivity index (χ1v) is 9.40.